The molecule has 0 bridgehead atoms. The minimum absolute atomic E-state index is 0.101. The van der Waals surface area contributed by atoms with Crippen LogP contribution in [-0.2, 0) is 17.8 Å². The second-order valence-corrected chi connectivity index (χ2v) is 7.93. The fraction of sp³-hybridized carbons (Fsp3) is 0.261. The van der Waals surface area contributed by atoms with Crippen LogP contribution in [0.5, 0.6) is 0 Å². The molecule has 0 amide bonds. The Morgan fingerprint density at radius 2 is 1.68 bits per heavy atom. The highest BCUT2D eigenvalue weighted by molar-refractivity contribution is 6.30. The lowest BCUT2D eigenvalue weighted by Crippen LogP contribution is -2.10. The molecule has 3 aromatic rings. The molecule has 2 aromatic carbocycles. The van der Waals surface area contributed by atoms with Gasteiger partial charge in [-0.3, -0.25) is 4.79 Å². The number of aromatic nitrogens is 2. The van der Waals surface area contributed by atoms with Crippen molar-refractivity contribution in [1.82, 2.24) is 9.97 Å². The number of anilines is 3. The van der Waals surface area contributed by atoms with Crippen molar-refractivity contribution in [3.8, 4) is 11.1 Å². The Hall–Kier alpha value is -2.83. The van der Waals surface area contributed by atoms with Crippen molar-refractivity contribution in [1.29, 1.82) is 0 Å². The van der Waals surface area contributed by atoms with E-state index in [4.69, 9.17) is 34.7 Å². The summed E-state index contributed by atoms with van der Waals surface area (Å²) in [6.45, 7) is 0.439. The van der Waals surface area contributed by atoms with Gasteiger partial charge in [-0.15, -0.1) is 11.6 Å². The first-order valence-electron chi connectivity index (χ1n) is 10.0. The molecule has 0 unspecified atom stereocenters. The number of rotatable bonds is 10. The number of hydrogen-bond acceptors (Lipinski definition) is 6. The van der Waals surface area contributed by atoms with Gasteiger partial charge in [0.25, 0.3) is 0 Å². The molecule has 162 valence electrons. The topological polar surface area (TPSA) is 107 Å². The lowest BCUT2D eigenvalue weighted by Gasteiger charge is -2.14. The van der Waals surface area contributed by atoms with E-state index in [0.717, 1.165) is 36.1 Å². The summed E-state index contributed by atoms with van der Waals surface area (Å²) in [6, 6.07) is 15.6. The zero-order valence-electron chi connectivity index (χ0n) is 17.1. The molecule has 0 fully saturated rings. The van der Waals surface area contributed by atoms with Crippen LogP contribution in [0.2, 0.25) is 5.02 Å². The monoisotopic (exact) mass is 457 g/mol. The number of nitrogens with one attached hydrogen (secondary N) is 1. The minimum Gasteiger partial charge on any atom is -0.383 e. The van der Waals surface area contributed by atoms with Gasteiger partial charge in [0, 0.05) is 22.7 Å². The molecule has 0 saturated carbocycles. The maximum absolute atomic E-state index is 11.3. The summed E-state index contributed by atoms with van der Waals surface area (Å²) in [7, 11) is 0. The normalized spacial score (nSPS) is 10.8. The highest BCUT2D eigenvalue weighted by atomic mass is 35.5. The maximum Gasteiger partial charge on any atom is 0.222 e. The van der Waals surface area contributed by atoms with Crippen molar-refractivity contribution in [2.75, 3.05) is 22.7 Å². The number of nitrogen functional groups attached to an aromatic ring is 2. The van der Waals surface area contributed by atoms with Gasteiger partial charge in [0.15, 0.2) is 0 Å². The highest BCUT2D eigenvalue weighted by Gasteiger charge is 2.14. The minimum atomic E-state index is 0.101. The van der Waals surface area contributed by atoms with E-state index in [1.54, 1.807) is 12.1 Å². The van der Waals surface area contributed by atoms with Crippen LogP contribution in [0.15, 0.2) is 48.5 Å². The molecule has 5 N–H and O–H groups in total. The first kappa shape index (κ1) is 22.8. The molecule has 1 aromatic heterocycles. The van der Waals surface area contributed by atoms with Crippen LogP contribution in [0.25, 0.3) is 11.1 Å². The van der Waals surface area contributed by atoms with E-state index in [2.05, 4.69) is 27.4 Å². The van der Waals surface area contributed by atoms with Gasteiger partial charge in [0.1, 0.15) is 11.6 Å². The van der Waals surface area contributed by atoms with Crippen LogP contribution in [0.1, 0.15) is 30.5 Å². The molecule has 0 aliphatic carbocycles. The summed E-state index contributed by atoms with van der Waals surface area (Å²) < 4.78 is 0. The Labute approximate surface area is 192 Å². The average Bonchev–Trinajstić information content (AvgIpc) is 2.76. The van der Waals surface area contributed by atoms with E-state index in [9.17, 15) is 4.79 Å². The molecule has 3 rings (SSSR count). The van der Waals surface area contributed by atoms with Gasteiger partial charge < -0.3 is 16.8 Å². The number of hydrogen-bond donors (Lipinski definition) is 3. The van der Waals surface area contributed by atoms with E-state index >= 15 is 0 Å². The summed E-state index contributed by atoms with van der Waals surface area (Å²) in [6.07, 6.45) is 3.29. The summed E-state index contributed by atoms with van der Waals surface area (Å²) in [5.74, 6) is 0.666. The Morgan fingerprint density at radius 1 is 0.968 bits per heavy atom. The number of benzene rings is 2. The van der Waals surface area contributed by atoms with Gasteiger partial charge in [0.05, 0.1) is 18.1 Å². The molecule has 0 atom stereocenters. The van der Waals surface area contributed by atoms with Crippen molar-refractivity contribution >= 4 is 46.4 Å². The molecule has 31 heavy (non-hydrogen) atoms. The van der Waals surface area contributed by atoms with Crippen molar-refractivity contribution in [3.63, 3.8) is 0 Å². The fourth-order valence-corrected chi connectivity index (χ4v) is 3.56. The number of carbonyl (C=O) groups excluding carboxylic acids is 1. The van der Waals surface area contributed by atoms with Gasteiger partial charge in [-0.25, -0.2) is 4.98 Å². The van der Waals surface area contributed by atoms with Crippen LogP contribution >= 0.6 is 23.2 Å². The van der Waals surface area contributed by atoms with Crippen molar-refractivity contribution in [2.24, 2.45) is 0 Å². The third kappa shape index (κ3) is 6.57. The number of carbonyl (C=O) groups is 1. The summed E-state index contributed by atoms with van der Waals surface area (Å²) in [5.41, 5.74) is 16.5. The maximum atomic E-state index is 11.3. The summed E-state index contributed by atoms with van der Waals surface area (Å²) in [5, 5.41) is 4.01. The quantitative estimate of drug-likeness (QED) is 0.289. The van der Waals surface area contributed by atoms with Crippen molar-refractivity contribution < 1.29 is 4.79 Å². The summed E-state index contributed by atoms with van der Waals surface area (Å²) >= 11 is 11.5. The van der Waals surface area contributed by atoms with Gasteiger partial charge in [-0.05, 0) is 54.7 Å². The van der Waals surface area contributed by atoms with Gasteiger partial charge >= 0.3 is 0 Å². The van der Waals surface area contributed by atoms with E-state index in [1.807, 2.05) is 24.3 Å². The Balaban J connectivity index is 1.64. The van der Waals surface area contributed by atoms with Crippen molar-refractivity contribution in [2.45, 2.75) is 32.2 Å². The molecule has 0 spiro atoms. The largest absolute Gasteiger partial charge is 0.383 e. The van der Waals surface area contributed by atoms with Crippen LogP contribution in [-0.4, -0.2) is 21.6 Å². The molecular formula is C23H25Cl2N5O. The lowest BCUT2D eigenvalue weighted by molar-refractivity contribution is -0.116. The fourth-order valence-electron chi connectivity index (χ4n) is 3.30. The Morgan fingerprint density at radius 3 is 2.35 bits per heavy atom. The lowest BCUT2D eigenvalue weighted by atomic mass is 10.0. The predicted molar refractivity (Wildman–Crippen MR) is 128 cm³/mol. The molecule has 0 aliphatic rings. The van der Waals surface area contributed by atoms with Gasteiger partial charge in [-0.2, -0.15) is 4.98 Å². The number of unbranched alkanes of at least 4 members (excludes halogenated alkanes) is 1. The summed E-state index contributed by atoms with van der Waals surface area (Å²) in [4.78, 5) is 19.8. The number of alkyl halides is 1. The smallest absolute Gasteiger partial charge is 0.222 e. The van der Waals surface area contributed by atoms with E-state index in [1.165, 1.54) is 5.56 Å². The van der Waals surface area contributed by atoms with E-state index < -0.39 is 0 Å². The number of nitrogens with two attached hydrogens (primary N) is 2. The first-order chi connectivity index (χ1) is 15.0. The molecule has 0 saturated heterocycles. The third-order valence-electron chi connectivity index (χ3n) is 4.90. The van der Waals surface area contributed by atoms with Crippen molar-refractivity contribution in [3.05, 3.63) is 64.8 Å². The third-order valence-corrected chi connectivity index (χ3v) is 5.45. The zero-order valence-corrected chi connectivity index (χ0v) is 18.6. The van der Waals surface area contributed by atoms with Gasteiger partial charge in [0.2, 0.25) is 5.95 Å². The number of Topliss-reactive ketones (excluding diaryl/α,β-unsaturated/α-hetero) is 1. The average molecular weight is 458 g/mol. The van der Waals surface area contributed by atoms with Crippen LogP contribution in [0, 0.1) is 0 Å². The number of halogens is 2. The number of aryl methyl sites for hydroxylation is 1. The Bertz CT molecular complexity index is 1020. The van der Waals surface area contributed by atoms with E-state index in [0.29, 0.717) is 29.5 Å². The highest BCUT2D eigenvalue weighted by Crippen LogP contribution is 2.30. The molecule has 6 nitrogen and oxygen atoms in total. The molecule has 8 heteroatoms. The molecular weight excluding hydrogens is 433 g/mol. The Kier molecular flexibility index (Phi) is 8.09. The standard InChI is InChI=1S/C23H25Cl2N5O/c24-13-19(31)4-2-1-3-15-5-11-18(12-6-15)28-14-20-21(22(26)30-23(27)29-20)16-7-9-17(25)10-8-16/h5-12,28H,1-4,13-14H2,(H4,26,27,29,30). The van der Waals surface area contributed by atoms with Gasteiger partial charge in [-0.1, -0.05) is 35.9 Å². The predicted octanol–water partition coefficient (Wildman–Crippen LogP) is 5.09. The molecule has 1 heterocycles. The number of ketones is 1. The molecule has 0 aliphatic heterocycles. The zero-order chi connectivity index (χ0) is 22.2. The van der Waals surface area contributed by atoms with Crippen LogP contribution in [0.3, 0.4) is 0 Å². The van der Waals surface area contributed by atoms with Crippen LogP contribution in [0.4, 0.5) is 17.5 Å². The second-order valence-electron chi connectivity index (χ2n) is 7.23. The second kappa shape index (κ2) is 11.0. The van der Waals surface area contributed by atoms with E-state index in [-0.39, 0.29) is 17.6 Å². The molecule has 0 radical (unpaired) electrons. The first-order valence-corrected chi connectivity index (χ1v) is 11.0. The number of nitrogens with zero attached hydrogens (tertiary/aromatic N) is 2. The SMILES string of the molecule is Nc1nc(N)c(-c2ccc(Cl)cc2)c(CNc2ccc(CCCCC(=O)CCl)cc2)n1. The van der Waals surface area contributed by atoms with Crippen LogP contribution < -0.4 is 16.8 Å².